The number of carbonyl (C=O) groups is 2. The Balaban J connectivity index is 1.54. The van der Waals surface area contributed by atoms with E-state index in [4.69, 9.17) is 14.5 Å². The Hall–Kier alpha value is -3.15. The topological polar surface area (TPSA) is 103 Å². The van der Waals surface area contributed by atoms with Gasteiger partial charge >= 0.3 is 12.1 Å². The van der Waals surface area contributed by atoms with Crippen molar-refractivity contribution < 1.29 is 19.1 Å². The normalized spacial score (nSPS) is 12.2. The maximum Gasteiger partial charge on any atom is 0.408 e. The van der Waals surface area contributed by atoms with Crippen LogP contribution in [0.25, 0.3) is 21.4 Å². The highest BCUT2D eigenvalue weighted by molar-refractivity contribution is 7.16. The Labute approximate surface area is 221 Å². The number of nitrogens with zero attached hydrogens (tertiary/aromatic N) is 3. The predicted octanol–water partition coefficient (Wildman–Crippen LogP) is 6.38. The van der Waals surface area contributed by atoms with Gasteiger partial charge in [-0.2, -0.15) is 0 Å². The lowest BCUT2D eigenvalue weighted by Gasteiger charge is -2.23. The largest absolute Gasteiger partial charge is 0.461 e. The molecule has 1 amide bonds. The smallest absolute Gasteiger partial charge is 0.408 e. The number of thiazole rings is 3. The molecule has 36 heavy (non-hydrogen) atoms. The molecular weight excluding hydrogens is 517 g/mol. The van der Waals surface area contributed by atoms with Gasteiger partial charge in [-0.3, -0.25) is 0 Å². The minimum absolute atomic E-state index is 0.277. The maximum absolute atomic E-state index is 12.6. The van der Waals surface area contributed by atoms with Gasteiger partial charge in [-0.05, 0) is 39.7 Å². The Morgan fingerprint density at radius 2 is 1.61 bits per heavy atom. The number of nitrogens with one attached hydrogen (secondary N) is 1. The number of aromatic nitrogens is 3. The van der Waals surface area contributed by atoms with Crippen molar-refractivity contribution >= 4 is 46.1 Å². The summed E-state index contributed by atoms with van der Waals surface area (Å²) in [7, 11) is 0. The van der Waals surface area contributed by atoms with E-state index in [2.05, 4.69) is 15.3 Å². The third kappa shape index (κ3) is 6.74. The van der Waals surface area contributed by atoms with Gasteiger partial charge in [0.25, 0.3) is 0 Å². The standard InChI is InChI=1S/C25H26N4O4S3/c1-5-32-23(30)19-14-36-22(28-19)18-13-35-21(27-18)17-12-34-20(26-17)16(11-15-9-7-6-8-10-15)29-24(31)33-25(2,3)4/h6-10,12-14,16H,5,11H2,1-4H3,(H,29,31)/t16-/m0/s1. The second kappa shape index (κ2) is 11.3. The van der Waals surface area contributed by atoms with Crippen LogP contribution in [0.3, 0.4) is 0 Å². The molecule has 0 unspecified atom stereocenters. The van der Waals surface area contributed by atoms with Crippen molar-refractivity contribution in [3.05, 3.63) is 62.7 Å². The summed E-state index contributed by atoms with van der Waals surface area (Å²) in [6, 6.07) is 9.58. The third-order valence-corrected chi connectivity index (χ3v) is 7.41. The summed E-state index contributed by atoms with van der Waals surface area (Å²) in [5, 5.41) is 10.6. The Morgan fingerprint density at radius 3 is 2.33 bits per heavy atom. The molecule has 0 spiro atoms. The van der Waals surface area contributed by atoms with Crippen LogP contribution in [0.5, 0.6) is 0 Å². The SMILES string of the molecule is CCOC(=O)c1csc(-c2csc(-c3csc([C@H](Cc4ccccc4)NC(=O)OC(C)(C)C)n3)n2)n1. The molecule has 0 saturated carbocycles. The average molecular weight is 543 g/mol. The summed E-state index contributed by atoms with van der Waals surface area (Å²) in [5.41, 5.74) is 2.15. The summed E-state index contributed by atoms with van der Waals surface area (Å²) in [6.45, 7) is 7.55. The molecule has 0 saturated heterocycles. The van der Waals surface area contributed by atoms with Crippen LogP contribution in [0.1, 0.15) is 54.8 Å². The zero-order chi connectivity index (χ0) is 25.7. The number of amides is 1. The molecule has 8 nitrogen and oxygen atoms in total. The molecule has 4 rings (SSSR count). The molecule has 0 aliphatic rings. The van der Waals surface area contributed by atoms with Crippen molar-refractivity contribution in [2.75, 3.05) is 6.61 Å². The molecular formula is C25H26N4O4S3. The van der Waals surface area contributed by atoms with Gasteiger partial charge < -0.3 is 14.8 Å². The van der Waals surface area contributed by atoms with Gasteiger partial charge in [0.15, 0.2) is 5.69 Å². The summed E-state index contributed by atoms with van der Waals surface area (Å²) in [5.74, 6) is -0.443. The first-order valence-electron chi connectivity index (χ1n) is 11.3. The predicted molar refractivity (Wildman–Crippen MR) is 143 cm³/mol. The molecule has 1 aromatic carbocycles. The summed E-state index contributed by atoms with van der Waals surface area (Å²) >= 11 is 4.25. The van der Waals surface area contributed by atoms with Crippen molar-refractivity contribution in [1.29, 1.82) is 0 Å². The molecule has 1 atom stereocenters. The maximum atomic E-state index is 12.6. The average Bonchev–Trinajstić information content (AvgIpc) is 3.58. The molecule has 188 valence electrons. The van der Waals surface area contributed by atoms with Crippen molar-refractivity contribution in [3.63, 3.8) is 0 Å². The van der Waals surface area contributed by atoms with Gasteiger partial charge in [0.2, 0.25) is 0 Å². The number of hydrogen-bond acceptors (Lipinski definition) is 10. The van der Waals surface area contributed by atoms with Crippen LogP contribution in [0, 0.1) is 0 Å². The number of carbonyl (C=O) groups excluding carboxylic acids is 2. The number of benzene rings is 1. The highest BCUT2D eigenvalue weighted by atomic mass is 32.1. The molecule has 11 heteroatoms. The molecule has 4 aromatic rings. The van der Waals surface area contributed by atoms with E-state index in [0.29, 0.717) is 23.7 Å². The van der Waals surface area contributed by atoms with E-state index in [1.165, 1.54) is 34.0 Å². The van der Waals surface area contributed by atoms with Crippen LogP contribution in [-0.2, 0) is 15.9 Å². The molecule has 3 aromatic heterocycles. The van der Waals surface area contributed by atoms with E-state index in [-0.39, 0.29) is 11.7 Å². The van der Waals surface area contributed by atoms with Gasteiger partial charge in [0.05, 0.1) is 12.6 Å². The first kappa shape index (κ1) is 25.9. The van der Waals surface area contributed by atoms with E-state index < -0.39 is 17.7 Å². The minimum Gasteiger partial charge on any atom is -0.461 e. The van der Waals surface area contributed by atoms with Crippen LogP contribution in [0.15, 0.2) is 46.5 Å². The summed E-state index contributed by atoms with van der Waals surface area (Å²) in [4.78, 5) is 38.3. The third-order valence-electron chi connectivity index (χ3n) is 4.72. The molecule has 0 radical (unpaired) electrons. The fourth-order valence-corrected chi connectivity index (χ4v) is 5.74. The van der Waals surface area contributed by atoms with Crippen LogP contribution < -0.4 is 5.32 Å². The van der Waals surface area contributed by atoms with E-state index >= 15 is 0 Å². The van der Waals surface area contributed by atoms with E-state index in [9.17, 15) is 9.59 Å². The first-order chi connectivity index (χ1) is 17.2. The fraction of sp³-hybridized carbons (Fsp3) is 0.320. The molecule has 0 aliphatic heterocycles. The fourth-order valence-electron chi connectivity index (χ4n) is 3.23. The van der Waals surface area contributed by atoms with Crippen molar-refractivity contribution in [3.8, 4) is 21.4 Å². The van der Waals surface area contributed by atoms with Gasteiger partial charge in [-0.1, -0.05) is 30.3 Å². The number of esters is 1. The quantitative estimate of drug-likeness (QED) is 0.258. The van der Waals surface area contributed by atoms with Crippen molar-refractivity contribution in [1.82, 2.24) is 20.3 Å². The number of rotatable bonds is 8. The molecule has 1 N–H and O–H groups in total. The number of alkyl carbamates (subject to hydrolysis) is 1. The van der Waals surface area contributed by atoms with Crippen molar-refractivity contribution in [2.45, 2.75) is 45.8 Å². The van der Waals surface area contributed by atoms with Crippen LogP contribution in [0.2, 0.25) is 0 Å². The zero-order valence-corrected chi connectivity index (χ0v) is 22.8. The van der Waals surface area contributed by atoms with Gasteiger partial charge in [0.1, 0.15) is 32.0 Å². The van der Waals surface area contributed by atoms with Gasteiger partial charge in [-0.15, -0.1) is 34.0 Å². The zero-order valence-electron chi connectivity index (χ0n) is 20.3. The second-order valence-electron chi connectivity index (χ2n) is 8.76. The highest BCUT2D eigenvalue weighted by Gasteiger charge is 2.24. The Morgan fingerprint density at radius 1 is 0.944 bits per heavy atom. The number of hydrogen-bond donors (Lipinski definition) is 1. The lowest BCUT2D eigenvalue weighted by atomic mass is 10.1. The molecule has 0 aliphatic carbocycles. The first-order valence-corrected chi connectivity index (χ1v) is 13.9. The van der Waals surface area contributed by atoms with E-state index in [1.807, 2.05) is 61.9 Å². The molecule has 3 heterocycles. The monoisotopic (exact) mass is 542 g/mol. The Kier molecular flexibility index (Phi) is 8.12. The van der Waals surface area contributed by atoms with Crippen LogP contribution >= 0.6 is 34.0 Å². The second-order valence-corrected chi connectivity index (χ2v) is 11.4. The van der Waals surface area contributed by atoms with Crippen LogP contribution in [-0.4, -0.2) is 39.2 Å². The van der Waals surface area contributed by atoms with E-state index in [1.54, 1.807) is 12.3 Å². The van der Waals surface area contributed by atoms with E-state index in [0.717, 1.165) is 21.3 Å². The number of ether oxygens (including phenoxy) is 2. The Bertz CT molecular complexity index is 1320. The molecule has 0 fully saturated rings. The lowest BCUT2D eigenvalue weighted by Crippen LogP contribution is -2.35. The van der Waals surface area contributed by atoms with Crippen molar-refractivity contribution in [2.24, 2.45) is 0 Å². The van der Waals surface area contributed by atoms with Gasteiger partial charge in [0, 0.05) is 16.1 Å². The lowest BCUT2D eigenvalue weighted by molar-refractivity contribution is 0.0498. The summed E-state index contributed by atoms with van der Waals surface area (Å²) in [6.07, 6.45) is 0.0872. The summed E-state index contributed by atoms with van der Waals surface area (Å²) < 4.78 is 10.5. The van der Waals surface area contributed by atoms with Crippen LogP contribution in [0.4, 0.5) is 4.79 Å². The van der Waals surface area contributed by atoms with Gasteiger partial charge in [-0.25, -0.2) is 24.5 Å². The highest BCUT2D eigenvalue weighted by Crippen LogP contribution is 2.33. The minimum atomic E-state index is -0.602. The molecule has 0 bridgehead atoms.